The molecule has 0 heterocycles. The van der Waals surface area contributed by atoms with Crippen LogP contribution in [-0.2, 0) is 9.53 Å². The molecule has 2 nitrogen and oxygen atoms in total. The third-order valence-corrected chi connectivity index (χ3v) is 1.95. The fraction of sp³-hybridized carbons (Fsp3) is 0.750. The largest absolute Gasteiger partial charge is 0.459 e. The minimum Gasteiger partial charge on any atom is -0.459 e. The number of hydrogen-bond acceptors (Lipinski definition) is 4. The Balaban J connectivity index is 3.68. The normalized spacial score (nSPS) is 11.0. The Morgan fingerprint density at radius 2 is 2.00 bits per heavy atom. The number of ether oxygens (including phenoxy) is 1. The van der Waals surface area contributed by atoms with Gasteiger partial charge in [0, 0.05) is 4.20 Å². The fourth-order valence-electron chi connectivity index (χ4n) is 0.532. The molecule has 4 heteroatoms. The minimum absolute atomic E-state index is 0.211. The lowest BCUT2D eigenvalue weighted by atomic mass is 10.2. The molecule has 0 aromatic heterocycles. The van der Waals surface area contributed by atoms with E-state index in [0.717, 1.165) is 4.20 Å². The van der Waals surface area contributed by atoms with Gasteiger partial charge < -0.3 is 4.74 Å². The second-order valence-electron chi connectivity index (χ2n) is 3.37. The zero-order chi connectivity index (χ0) is 9.78. The molecule has 70 valence electrons. The first-order valence-corrected chi connectivity index (χ1v) is 5.06. The first-order chi connectivity index (χ1) is 5.31. The quantitative estimate of drug-likeness (QED) is 0.512. The Kier molecular flexibility index (Phi) is 4.78. The molecule has 0 spiro atoms. The molecule has 0 fully saturated rings. The highest BCUT2D eigenvalue weighted by molar-refractivity contribution is 8.23. The third-order valence-electron chi connectivity index (χ3n) is 0.813. The monoisotopic (exact) mass is 206 g/mol. The van der Waals surface area contributed by atoms with Crippen LogP contribution in [0.5, 0.6) is 0 Å². The Morgan fingerprint density at radius 1 is 1.50 bits per heavy atom. The summed E-state index contributed by atoms with van der Waals surface area (Å²) >= 11 is 6.15. The van der Waals surface area contributed by atoms with Crippen molar-refractivity contribution in [3.63, 3.8) is 0 Å². The Labute approximate surface area is 83.1 Å². The van der Waals surface area contributed by atoms with Gasteiger partial charge in [0.05, 0.1) is 5.75 Å². The van der Waals surface area contributed by atoms with Gasteiger partial charge in [-0.2, -0.15) is 0 Å². The lowest BCUT2D eigenvalue weighted by Crippen LogP contribution is -2.25. The van der Waals surface area contributed by atoms with Crippen LogP contribution in [0.25, 0.3) is 0 Å². The summed E-state index contributed by atoms with van der Waals surface area (Å²) in [6, 6.07) is 0. The van der Waals surface area contributed by atoms with Crippen LogP contribution in [0.2, 0.25) is 0 Å². The van der Waals surface area contributed by atoms with E-state index in [1.807, 2.05) is 20.8 Å². The number of esters is 1. The molecule has 0 saturated heterocycles. The van der Waals surface area contributed by atoms with Crippen LogP contribution in [0, 0.1) is 0 Å². The Bertz CT molecular complexity index is 182. The van der Waals surface area contributed by atoms with Crippen molar-refractivity contribution in [2.24, 2.45) is 0 Å². The molecule has 0 saturated carbocycles. The number of thiocarbonyl (C=S) groups is 1. The predicted octanol–water partition coefficient (Wildman–Crippen LogP) is 2.41. The van der Waals surface area contributed by atoms with E-state index >= 15 is 0 Å². The molecule has 0 aromatic rings. The second-order valence-corrected chi connectivity index (χ2v) is 5.43. The molecule has 0 amide bonds. The first-order valence-electron chi connectivity index (χ1n) is 3.66. The maximum Gasteiger partial charge on any atom is 0.316 e. The molecular formula is C8H14O2S2. The number of rotatable bonds is 2. The highest BCUT2D eigenvalue weighted by Crippen LogP contribution is 2.10. The molecule has 0 aliphatic heterocycles. The lowest BCUT2D eigenvalue weighted by molar-refractivity contribution is -0.151. The van der Waals surface area contributed by atoms with Crippen LogP contribution >= 0.6 is 24.0 Å². The van der Waals surface area contributed by atoms with Crippen molar-refractivity contribution in [3.05, 3.63) is 0 Å². The molecule has 0 aliphatic carbocycles. The summed E-state index contributed by atoms with van der Waals surface area (Å²) < 4.78 is 5.83. The lowest BCUT2D eigenvalue weighted by Gasteiger charge is -2.19. The van der Waals surface area contributed by atoms with Crippen LogP contribution in [0.15, 0.2) is 0 Å². The molecule has 0 rings (SSSR count). The zero-order valence-corrected chi connectivity index (χ0v) is 9.47. The average Bonchev–Trinajstić information content (AvgIpc) is 1.79. The van der Waals surface area contributed by atoms with Crippen molar-refractivity contribution in [3.8, 4) is 0 Å². The summed E-state index contributed by atoms with van der Waals surface area (Å²) in [7, 11) is 0. The summed E-state index contributed by atoms with van der Waals surface area (Å²) in [4.78, 5) is 11.1. The van der Waals surface area contributed by atoms with Gasteiger partial charge in [0.1, 0.15) is 5.60 Å². The molecule has 0 aromatic carbocycles. The molecule has 0 bridgehead atoms. The van der Waals surface area contributed by atoms with Crippen LogP contribution in [0.1, 0.15) is 27.7 Å². The fourth-order valence-corrected chi connectivity index (χ4v) is 1.09. The van der Waals surface area contributed by atoms with Crippen LogP contribution in [-0.4, -0.2) is 21.5 Å². The molecule has 12 heavy (non-hydrogen) atoms. The van der Waals surface area contributed by atoms with Gasteiger partial charge in [0.25, 0.3) is 0 Å². The Hall–Kier alpha value is -0.0900. The summed E-state index contributed by atoms with van der Waals surface area (Å²) in [5, 5.41) is 0. The van der Waals surface area contributed by atoms with Crippen molar-refractivity contribution >= 4 is 34.1 Å². The van der Waals surface area contributed by atoms with E-state index in [1.165, 1.54) is 11.8 Å². The van der Waals surface area contributed by atoms with Gasteiger partial charge in [-0.1, -0.05) is 12.2 Å². The summed E-state index contributed by atoms with van der Waals surface area (Å²) in [6.07, 6.45) is 0. The van der Waals surface area contributed by atoms with Gasteiger partial charge in [-0.3, -0.25) is 4.79 Å². The maximum atomic E-state index is 11.1. The van der Waals surface area contributed by atoms with E-state index in [9.17, 15) is 4.79 Å². The SMILES string of the molecule is CC(=S)SCC(=O)OC(C)(C)C. The van der Waals surface area contributed by atoms with Gasteiger partial charge in [0.15, 0.2) is 0 Å². The summed E-state index contributed by atoms with van der Waals surface area (Å²) in [5.41, 5.74) is -0.396. The molecule has 0 unspecified atom stereocenters. The molecule has 0 radical (unpaired) electrons. The van der Waals surface area contributed by atoms with Gasteiger partial charge in [-0.05, 0) is 27.7 Å². The van der Waals surface area contributed by atoms with E-state index < -0.39 is 5.60 Å². The van der Waals surface area contributed by atoms with Crippen molar-refractivity contribution in [1.29, 1.82) is 0 Å². The number of hydrogen-bond donors (Lipinski definition) is 0. The highest BCUT2D eigenvalue weighted by Gasteiger charge is 2.15. The standard InChI is InChI=1S/C8H14O2S2/c1-6(11)12-5-7(9)10-8(2,3)4/h5H2,1-4H3. The molecular weight excluding hydrogens is 192 g/mol. The van der Waals surface area contributed by atoms with Crippen molar-refractivity contribution in [1.82, 2.24) is 0 Å². The van der Waals surface area contributed by atoms with E-state index in [2.05, 4.69) is 0 Å². The minimum atomic E-state index is -0.396. The first kappa shape index (κ1) is 11.9. The molecule has 0 aliphatic rings. The number of thioether (sulfide) groups is 1. The Morgan fingerprint density at radius 3 is 2.33 bits per heavy atom. The second kappa shape index (κ2) is 4.82. The highest BCUT2D eigenvalue weighted by atomic mass is 32.2. The predicted molar refractivity (Wildman–Crippen MR) is 56.6 cm³/mol. The van der Waals surface area contributed by atoms with Crippen LogP contribution in [0.3, 0.4) is 0 Å². The summed E-state index contributed by atoms with van der Waals surface area (Å²) in [6.45, 7) is 7.34. The topological polar surface area (TPSA) is 26.3 Å². The van der Waals surface area contributed by atoms with E-state index in [0.29, 0.717) is 5.75 Å². The van der Waals surface area contributed by atoms with Gasteiger partial charge in [0.2, 0.25) is 0 Å². The molecule has 0 atom stereocenters. The van der Waals surface area contributed by atoms with Crippen LogP contribution in [0.4, 0.5) is 0 Å². The number of carbonyl (C=O) groups is 1. The summed E-state index contributed by atoms with van der Waals surface area (Å²) in [5.74, 6) is 0.101. The third kappa shape index (κ3) is 8.01. The van der Waals surface area contributed by atoms with Crippen molar-refractivity contribution in [2.45, 2.75) is 33.3 Å². The number of carbonyl (C=O) groups excluding carboxylic acids is 1. The van der Waals surface area contributed by atoms with Gasteiger partial charge in [-0.25, -0.2) is 0 Å². The zero-order valence-electron chi connectivity index (χ0n) is 7.84. The van der Waals surface area contributed by atoms with E-state index in [4.69, 9.17) is 17.0 Å². The van der Waals surface area contributed by atoms with E-state index in [1.54, 1.807) is 6.92 Å². The average molecular weight is 206 g/mol. The van der Waals surface area contributed by atoms with Gasteiger partial charge >= 0.3 is 5.97 Å². The smallest absolute Gasteiger partial charge is 0.316 e. The van der Waals surface area contributed by atoms with Crippen molar-refractivity contribution < 1.29 is 9.53 Å². The maximum absolute atomic E-state index is 11.1. The van der Waals surface area contributed by atoms with Crippen molar-refractivity contribution in [2.75, 3.05) is 5.75 Å². The van der Waals surface area contributed by atoms with Gasteiger partial charge in [-0.15, -0.1) is 11.8 Å². The van der Waals surface area contributed by atoms with Crippen LogP contribution < -0.4 is 0 Å². The van der Waals surface area contributed by atoms with E-state index in [-0.39, 0.29) is 5.97 Å². The molecule has 0 N–H and O–H groups in total.